The summed E-state index contributed by atoms with van der Waals surface area (Å²) in [6, 6.07) is -3.79. The number of rotatable bonds is 13. The van der Waals surface area contributed by atoms with Crippen molar-refractivity contribution >= 4 is 35.4 Å². The van der Waals surface area contributed by atoms with Gasteiger partial charge in [-0.25, -0.2) is 4.79 Å². The number of nitrogens with zero attached hydrogens (tertiary/aromatic N) is 2. The molecular formula is C37H62N6O6. The molecule has 0 bridgehead atoms. The van der Waals surface area contributed by atoms with Crippen molar-refractivity contribution in [3.8, 4) is 0 Å². The van der Waals surface area contributed by atoms with Crippen molar-refractivity contribution in [1.29, 1.82) is 0 Å². The highest BCUT2D eigenvalue weighted by Gasteiger charge is 2.70. The molecule has 2 aliphatic heterocycles. The number of Topliss-reactive ketones (excluding diaryl/α,β-unsaturated/α-hetero) is 1. The van der Waals surface area contributed by atoms with E-state index in [9.17, 15) is 28.8 Å². The van der Waals surface area contributed by atoms with Crippen LogP contribution in [0.3, 0.4) is 0 Å². The van der Waals surface area contributed by atoms with Gasteiger partial charge in [0.2, 0.25) is 23.5 Å². The monoisotopic (exact) mass is 686 g/mol. The third-order valence-corrected chi connectivity index (χ3v) is 10.8. The van der Waals surface area contributed by atoms with Crippen molar-refractivity contribution in [3.05, 3.63) is 12.7 Å². The molecule has 3 fully saturated rings. The van der Waals surface area contributed by atoms with E-state index in [1.165, 1.54) is 6.08 Å². The molecule has 2 heterocycles. The first-order valence-electron chi connectivity index (χ1n) is 17.9. The van der Waals surface area contributed by atoms with Gasteiger partial charge in [0, 0.05) is 31.6 Å². The molecule has 3 aliphatic rings. The van der Waals surface area contributed by atoms with Gasteiger partial charge in [-0.3, -0.25) is 24.0 Å². The third kappa shape index (κ3) is 9.03. The lowest BCUT2D eigenvalue weighted by atomic mass is 9.81. The molecule has 0 aromatic heterocycles. The summed E-state index contributed by atoms with van der Waals surface area (Å²) in [5, 5.41) is 11.3. The molecule has 0 aromatic carbocycles. The van der Waals surface area contributed by atoms with Crippen LogP contribution in [-0.4, -0.2) is 95.6 Å². The van der Waals surface area contributed by atoms with Crippen molar-refractivity contribution in [3.63, 3.8) is 0 Å². The lowest BCUT2D eigenvalue weighted by Gasteiger charge is -2.42. The van der Waals surface area contributed by atoms with Gasteiger partial charge in [0.15, 0.2) is 0 Å². The smallest absolute Gasteiger partial charge is 0.315 e. The second-order valence-corrected chi connectivity index (χ2v) is 17.7. The topological polar surface area (TPSA) is 157 Å². The standard InChI is InChI=1S/C37H62N6O6/c1-13-16-23(27(44)30(46)38-18-14-2)39-29(45)26-25-22(37(25,11)12)20-43(26)31(47)28(35(6,7)8)41-33(49)40-24(34(3,4)5)21-42-19-15-17-36(9,10)32(42)48/h14,22-26,28H,2,13,15-21H2,1,3-12H3,(H,38,46)(H,39,45)(H2,40,41,49)/t22-,23?,24-,25-,26-,28+/m0/s1. The number of ketones is 1. The number of piperidine rings is 2. The average molecular weight is 687 g/mol. The molecule has 4 N–H and O–H groups in total. The Kier molecular flexibility index (Phi) is 12.1. The number of amides is 6. The van der Waals surface area contributed by atoms with Crippen molar-refractivity contribution < 1.29 is 28.8 Å². The predicted molar refractivity (Wildman–Crippen MR) is 189 cm³/mol. The summed E-state index contributed by atoms with van der Waals surface area (Å²) < 4.78 is 0. The summed E-state index contributed by atoms with van der Waals surface area (Å²) in [5.41, 5.74) is -1.75. The van der Waals surface area contributed by atoms with Gasteiger partial charge >= 0.3 is 6.03 Å². The number of nitrogens with one attached hydrogen (secondary N) is 4. The molecule has 6 amide bonds. The SMILES string of the molecule is C=CCNC(=O)C(=O)C(CCC)NC(=O)[C@@H]1[C@@H]2[C@H](CN1C(=O)[C@@H](NC(=O)N[C@@H](CN1CCCC(C)(C)C1=O)C(C)(C)C)C(C)(C)C)C2(C)C. The largest absolute Gasteiger partial charge is 0.346 e. The molecule has 12 heteroatoms. The average Bonchev–Trinajstić information content (AvgIpc) is 3.30. The van der Waals surface area contributed by atoms with Crippen LogP contribution in [0.1, 0.15) is 102 Å². The van der Waals surface area contributed by atoms with Crippen LogP contribution in [0.2, 0.25) is 0 Å². The number of carbonyl (C=O) groups excluding carboxylic acids is 6. The van der Waals surface area contributed by atoms with Crippen LogP contribution in [0.5, 0.6) is 0 Å². The fraction of sp³-hybridized carbons (Fsp3) is 0.784. The molecule has 6 atom stereocenters. The molecule has 49 heavy (non-hydrogen) atoms. The summed E-state index contributed by atoms with van der Waals surface area (Å²) in [4.78, 5) is 84.1. The molecule has 276 valence electrons. The van der Waals surface area contributed by atoms with Gasteiger partial charge in [0.25, 0.3) is 5.91 Å². The maximum Gasteiger partial charge on any atom is 0.315 e. The fourth-order valence-electron chi connectivity index (χ4n) is 7.46. The lowest BCUT2D eigenvalue weighted by molar-refractivity contribution is -0.145. The number of carbonyl (C=O) groups is 6. The normalized spacial score (nSPS) is 24.6. The quantitative estimate of drug-likeness (QED) is 0.172. The minimum atomic E-state index is -1.03. The highest BCUT2D eigenvalue weighted by molar-refractivity contribution is 6.38. The van der Waals surface area contributed by atoms with Crippen LogP contribution in [0.15, 0.2) is 12.7 Å². The zero-order valence-corrected chi connectivity index (χ0v) is 31.7. The Hall–Kier alpha value is -3.44. The second kappa shape index (κ2) is 14.8. The molecular weight excluding hydrogens is 624 g/mol. The summed E-state index contributed by atoms with van der Waals surface area (Å²) in [6.07, 6.45) is 4.00. The van der Waals surface area contributed by atoms with E-state index in [0.29, 0.717) is 26.1 Å². The van der Waals surface area contributed by atoms with Crippen molar-refractivity contribution in [2.24, 2.45) is 33.5 Å². The van der Waals surface area contributed by atoms with E-state index in [1.807, 2.05) is 67.2 Å². The molecule has 1 aliphatic carbocycles. The van der Waals surface area contributed by atoms with E-state index in [0.717, 1.165) is 12.8 Å². The zero-order valence-electron chi connectivity index (χ0n) is 31.7. The molecule has 3 rings (SSSR count). The van der Waals surface area contributed by atoms with Gasteiger partial charge in [-0.2, -0.15) is 0 Å². The number of urea groups is 1. The Balaban J connectivity index is 1.82. The zero-order chi connectivity index (χ0) is 37.3. The maximum absolute atomic E-state index is 14.4. The Morgan fingerprint density at radius 2 is 1.61 bits per heavy atom. The third-order valence-electron chi connectivity index (χ3n) is 10.8. The summed E-state index contributed by atoms with van der Waals surface area (Å²) >= 11 is 0. The first-order chi connectivity index (χ1) is 22.5. The van der Waals surface area contributed by atoms with Crippen LogP contribution in [0, 0.1) is 33.5 Å². The summed E-state index contributed by atoms with van der Waals surface area (Å²) in [7, 11) is 0. The first-order valence-corrected chi connectivity index (χ1v) is 17.9. The van der Waals surface area contributed by atoms with Gasteiger partial charge in [-0.05, 0) is 47.3 Å². The minimum Gasteiger partial charge on any atom is -0.346 e. The van der Waals surface area contributed by atoms with Gasteiger partial charge in [0.1, 0.15) is 12.1 Å². The molecule has 0 aromatic rings. The van der Waals surface area contributed by atoms with Crippen LogP contribution < -0.4 is 21.3 Å². The van der Waals surface area contributed by atoms with Crippen molar-refractivity contribution in [2.75, 3.05) is 26.2 Å². The summed E-state index contributed by atoms with van der Waals surface area (Å²) in [5.74, 6) is -2.38. The van der Waals surface area contributed by atoms with Crippen LogP contribution >= 0.6 is 0 Å². The Labute approximate surface area is 293 Å². The van der Waals surface area contributed by atoms with E-state index < -0.39 is 58.6 Å². The van der Waals surface area contributed by atoms with Crippen LogP contribution in [0.25, 0.3) is 0 Å². The van der Waals surface area contributed by atoms with E-state index in [4.69, 9.17) is 0 Å². The summed E-state index contributed by atoms with van der Waals surface area (Å²) in [6.45, 7) is 26.5. The molecule has 0 radical (unpaired) electrons. The van der Waals surface area contributed by atoms with E-state index in [1.54, 1.807) is 4.90 Å². The Morgan fingerprint density at radius 3 is 2.16 bits per heavy atom. The van der Waals surface area contributed by atoms with E-state index in [-0.39, 0.29) is 47.4 Å². The van der Waals surface area contributed by atoms with Crippen molar-refractivity contribution in [1.82, 2.24) is 31.1 Å². The van der Waals surface area contributed by atoms with Gasteiger partial charge in [-0.15, -0.1) is 6.58 Å². The van der Waals surface area contributed by atoms with Crippen LogP contribution in [0.4, 0.5) is 4.79 Å². The van der Waals surface area contributed by atoms with Gasteiger partial charge in [0.05, 0.1) is 12.1 Å². The highest BCUT2D eigenvalue weighted by atomic mass is 16.2. The maximum atomic E-state index is 14.4. The molecule has 2 saturated heterocycles. The van der Waals surface area contributed by atoms with Gasteiger partial charge < -0.3 is 31.1 Å². The number of likely N-dealkylation sites (tertiary alicyclic amines) is 2. The van der Waals surface area contributed by atoms with Crippen LogP contribution in [-0.2, 0) is 24.0 Å². The van der Waals surface area contributed by atoms with E-state index >= 15 is 0 Å². The number of fused-ring (bicyclic) bond motifs is 1. The van der Waals surface area contributed by atoms with Gasteiger partial charge in [-0.1, -0.05) is 88.7 Å². The molecule has 1 saturated carbocycles. The van der Waals surface area contributed by atoms with Crippen molar-refractivity contribution in [2.45, 2.75) is 126 Å². The Bertz CT molecular complexity index is 1310. The molecule has 0 spiro atoms. The number of hydrogen-bond acceptors (Lipinski definition) is 6. The first kappa shape index (κ1) is 40.0. The lowest BCUT2D eigenvalue weighted by Crippen LogP contribution is -2.63. The minimum absolute atomic E-state index is 0.0677. The predicted octanol–water partition coefficient (Wildman–Crippen LogP) is 3.40. The Morgan fingerprint density at radius 1 is 0.980 bits per heavy atom. The molecule has 1 unspecified atom stereocenters. The highest BCUT2D eigenvalue weighted by Crippen LogP contribution is 2.65. The van der Waals surface area contributed by atoms with E-state index in [2.05, 4.69) is 41.7 Å². The fourth-order valence-corrected chi connectivity index (χ4v) is 7.46. The second-order valence-electron chi connectivity index (χ2n) is 17.7. The number of hydrogen-bond donors (Lipinski definition) is 4. The molecule has 12 nitrogen and oxygen atoms in total.